The van der Waals surface area contributed by atoms with E-state index >= 15 is 0 Å². The number of benzene rings is 1. The molecule has 0 spiro atoms. The van der Waals surface area contributed by atoms with Gasteiger partial charge in [0.25, 0.3) is 0 Å². The number of hydrogen-bond acceptors (Lipinski definition) is 2. The third-order valence-corrected chi connectivity index (χ3v) is 4.99. The van der Waals surface area contributed by atoms with Crippen molar-refractivity contribution in [1.29, 1.82) is 0 Å². The second-order valence-electron chi connectivity index (χ2n) is 5.97. The fraction of sp³-hybridized carbons (Fsp3) is 0.467. The standard InChI is InChI=1S/C15H20BIO2/c1-11(10-17)12-8-6-7-9-13(12)16-18-14(2,3)15(4,5)19-16/h6-10H,1-5H3/b11-10-. The molecule has 1 fully saturated rings. The number of allylic oxidation sites excluding steroid dienone is 1. The van der Waals surface area contributed by atoms with Crippen molar-refractivity contribution in [2.45, 2.75) is 45.8 Å². The molecule has 1 aliphatic heterocycles. The molecule has 0 saturated carbocycles. The van der Waals surface area contributed by atoms with Crippen LogP contribution in [0, 0.1) is 0 Å². The fourth-order valence-electron chi connectivity index (χ4n) is 2.09. The second kappa shape index (κ2) is 5.22. The predicted molar refractivity (Wildman–Crippen MR) is 89.8 cm³/mol. The molecule has 0 bridgehead atoms. The van der Waals surface area contributed by atoms with Crippen molar-refractivity contribution in [3.05, 3.63) is 33.9 Å². The van der Waals surface area contributed by atoms with Crippen LogP contribution >= 0.6 is 22.6 Å². The summed E-state index contributed by atoms with van der Waals surface area (Å²) < 4.78 is 14.4. The highest BCUT2D eigenvalue weighted by atomic mass is 127. The lowest BCUT2D eigenvalue weighted by Crippen LogP contribution is -2.41. The Morgan fingerprint density at radius 3 is 2.16 bits per heavy atom. The largest absolute Gasteiger partial charge is 0.495 e. The Morgan fingerprint density at radius 2 is 1.63 bits per heavy atom. The van der Waals surface area contributed by atoms with Gasteiger partial charge in [-0.05, 0) is 55.3 Å². The molecule has 2 rings (SSSR count). The molecule has 1 aromatic carbocycles. The zero-order valence-corrected chi connectivity index (χ0v) is 14.3. The van der Waals surface area contributed by atoms with E-state index in [1.165, 1.54) is 11.1 Å². The first kappa shape index (κ1) is 15.1. The van der Waals surface area contributed by atoms with Crippen molar-refractivity contribution in [1.82, 2.24) is 0 Å². The zero-order chi connectivity index (χ0) is 14.3. The Kier molecular flexibility index (Phi) is 4.14. The molecule has 2 nitrogen and oxygen atoms in total. The second-order valence-corrected chi connectivity index (χ2v) is 6.59. The minimum absolute atomic E-state index is 0.299. The zero-order valence-electron chi connectivity index (χ0n) is 12.2. The number of halogens is 1. The Balaban J connectivity index is 2.40. The highest BCUT2D eigenvalue weighted by molar-refractivity contribution is 14.1. The molecule has 0 radical (unpaired) electrons. The summed E-state index contributed by atoms with van der Waals surface area (Å²) in [5, 5.41) is 0. The first-order valence-electron chi connectivity index (χ1n) is 6.50. The normalized spacial score (nSPS) is 21.8. The van der Waals surface area contributed by atoms with Crippen molar-refractivity contribution in [3.8, 4) is 0 Å². The lowest BCUT2D eigenvalue weighted by atomic mass is 9.74. The van der Waals surface area contributed by atoms with E-state index in [1.807, 2.05) is 12.1 Å². The molecule has 0 N–H and O–H groups in total. The summed E-state index contributed by atoms with van der Waals surface area (Å²) >= 11 is 2.27. The Labute approximate surface area is 129 Å². The van der Waals surface area contributed by atoms with Gasteiger partial charge < -0.3 is 9.31 Å². The van der Waals surface area contributed by atoms with Crippen LogP contribution in [-0.4, -0.2) is 18.3 Å². The molecule has 1 saturated heterocycles. The van der Waals surface area contributed by atoms with Crippen molar-refractivity contribution in [3.63, 3.8) is 0 Å². The highest BCUT2D eigenvalue weighted by Crippen LogP contribution is 2.37. The molecule has 1 heterocycles. The van der Waals surface area contributed by atoms with Crippen LogP contribution in [-0.2, 0) is 9.31 Å². The lowest BCUT2D eigenvalue weighted by Gasteiger charge is -2.32. The maximum atomic E-state index is 6.13. The molecule has 0 amide bonds. The minimum atomic E-state index is -0.299. The minimum Gasteiger partial charge on any atom is -0.399 e. The summed E-state index contributed by atoms with van der Waals surface area (Å²) in [6.07, 6.45) is 0. The number of rotatable bonds is 2. The third-order valence-electron chi connectivity index (χ3n) is 4.06. The van der Waals surface area contributed by atoms with Gasteiger partial charge in [0, 0.05) is 0 Å². The maximum absolute atomic E-state index is 6.13. The van der Waals surface area contributed by atoms with Crippen LogP contribution in [0.1, 0.15) is 40.2 Å². The van der Waals surface area contributed by atoms with E-state index in [1.54, 1.807) is 0 Å². The van der Waals surface area contributed by atoms with Gasteiger partial charge in [-0.25, -0.2) is 0 Å². The molecule has 4 heteroatoms. The Morgan fingerprint density at radius 1 is 1.11 bits per heavy atom. The molecular weight excluding hydrogens is 350 g/mol. The van der Waals surface area contributed by atoms with Gasteiger partial charge in [0.2, 0.25) is 0 Å². The Hall–Kier alpha value is -0.325. The van der Waals surface area contributed by atoms with Gasteiger partial charge in [-0.2, -0.15) is 0 Å². The van der Waals surface area contributed by atoms with Crippen LogP contribution in [0.4, 0.5) is 0 Å². The van der Waals surface area contributed by atoms with Gasteiger partial charge >= 0.3 is 7.12 Å². The molecule has 1 aliphatic rings. The monoisotopic (exact) mass is 370 g/mol. The van der Waals surface area contributed by atoms with Crippen molar-refractivity contribution < 1.29 is 9.31 Å². The van der Waals surface area contributed by atoms with E-state index in [0.717, 1.165) is 5.46 Å². The molecule has 19 heavy (non-hydrogen) atoms. The predicted octanol–water partition coefficient (Wildman–Crippen LogP) is 3.78. The average molecular weight is 370 g/mol. The van der Waals surface area contributed by atoms with Gasteiger partial charge in [-0.15, -0.1) is 0 Å². The Bertz CT molecular complexity index is 493. The molecule has 0 atom stereocenters. The summed E-state index contributed by atoms with van der Waals surface area (Å²) in [6, 6.07) is 8.28. The van der Waals surface area contributed by atoms with Crippen LogP contribution in [0.5, 0.6) is 0 Å². The van der Waals surface area contributed by atoms with Gasteiger partial charge in [0.15, 0.2) is 0 Å². The van der Waals surface area contributed by atoms with Crippen molar-refractivity contribution in [2.75, 3.05) is 0 Å². The smallest absolute Gasteiger partial charge is 0.399 e. The van der Waals surface area contributed by atoms with Crippen LogP contribution in [0.25, 0.3) is 5.57 Å². The molecule has 0 aromatic heterocycles. The van der Waals surface area contributed by atoms with Crippen LogP contribution in [0.15, 0.2) is 28.3 Å². The molecule has 102 valence electrons. The van der Waals surface area contributed by atoms with Gasteiger partial charge in [-0.1, -0.05) is 46.9 Å². The van der Waals surface area contributed by atoms with Gasteiger partial charge in [0.05, 0.1) is 11.2 Å². The van der Waals surface area contributed by atoms with Crippen molar-refractivity contribution in [2.24, 2.45) is 0 Å². The summed E-state index contributed by atoms with van der Waals surface area (Å²) in [4.78, 5) is 0. The lowest BCUT2D eigenvalue weighted by molar-refractivity contribution is 0.00578. The molecule has 1 aromatic rings. The van der Waals surface area contributed by atoms with Crippen molar-refractivity contribution >= 4 is 40.7 Å². The van der Waals surface area contributed by atoms with Crippen LogP contribution in [0.2, 0.25) is 0 Å². The summed E-state index contributed by atoms with van der Waals surface area (Å²) in [7, 11) is -0.299. The average Bonchev–Trinajstić information content (AvgIpc) is 2.57. The SMILES string of the molecule is C/C(=C/I)c1ccccc1B1OC(C)(C)C(C)(C)O1. The van der Waals surface area contributed by atoms with E-state index in [4.69, 9.17) is 9.31 Å². The summed E-state index contributed by atoms with van der Waals surface area (Å²) in [5.74, 6) is 0. The quantitative estimate of drug-likeness (QED) is 0.583. The molecular formula is C15H20BIO2. The first-order chi connectivity index (χ1) is 8.78. The third kappa shape index (κ3) is 2.76. The topological polar surface area (TPSA) is 18.5 Å². The van der Waals surface area contributed by atoms with Crippen LogP contribution < -0.4 is 5.46 Å². The fourth-order valence-corrected chi connectivity index (χ4v) is 2.43. The van der Waals surface area contributed by atoms with Crippen LogP contribution in [0.3, 0.4) is 0 Å². The molecule has 0 unspecified atom stereocenters. The van der Waals surface area contributed by atoms with Gasteiger partial charge in [-0.3, -0.25) is 0 Å². The van der Waals surface area contributed by atoms with E-state index in [-0.39, 0.29) is 18.3 Å². The highest BCUT2D eigenvalue weighted by Gasteiger charge is 2.52. The van der Waals surface area contributed by atoms with E-state index in [2.05, 4.69) is 73.4 Å². The summed E-state index contributed by atoms with van der Waals surface area (Å²) in [6.45, 7) is 10.4. The van der Waals surface area contributed by atoms with Gasteiger partial charge in [0.1, 0.15) is 0 Å². The molecule has 0 aliphatic carbocycles. The first-order valence-corrected chi connectivity index (χ1v) is 7.75. The van der Waals surface area contributed by atoms with E-state index < -0.39 is 0 Å². The van der Waals surface area contributed by atoms with E-state index in [9.17, 15) is 0 Å². The maximum Gasteiger partial charge on any atom is 0.495 e. The van der Waals surface area contributed by atoms with E-state index in [0.29, 0.717) is 0 Å². The summed E-state index contributed by atoms with van der Waals surface area (Å²) in [5.41, 5.74) is 2.92. The number of hydrogen-bond donors (Lipinski definition) is 0.